The van der Waals surface area contributed by atoms with E-state index in [9.17, 15) is 4.79 Å². The van der Waals surface area contributed by atoms with Crippen LogP contribution in [0.25, 0.3) is 0 Å². The minimum atomic E-state index is 0.0619. The summed E-state index contributed by atoms with van der Waals surface area (Å²) in [6.45, 7) is 6.46. The van der Waals surface area contributed by atoms with Gasteiger partial charge in [0.2, 0.25) is 5.91 Å². The maximum atomic E-state index is 12.5. The van der Waals surface area contributed by atoms with Gasteiger partial charge < -0.3 is 11.1 Å². The number of hydrogen-bond acceptors (Lipinski definition) is 2. The Morgan fingerprint density at radius 3 is 2.42 bits per heavy atom. The zero-order valence-corrected chi connectivity index (χ0v) is 14.9. The molecule has 0 bridgehead atoms. The summed E-state index contributed by atoms with van der Waals surface area (Å²) in [6.07, 6.45) is 2.05. The normalized spacial score (nSPS) is 12.2. The van der Waals surface area contributed by atoms with Crippen LogP contribution < -0.4 is 11.1 Å². The lowest BCUT2D eigenvalue weighted by molar-refractivity contribution is -0.121. The van der Waals surface area contributed by atoms with Gasteiger partial charge in [-0.25, -0.2) is 0 Å². The molecule has 3 N–H and O–H groups in total. The van der Waals surface area contributed by atoms with Gasteiger partial charge >= 0.3 is 0 Å². The molecule has 3 nitrogen and oxygen atoms in total. The van der Waals surface area contributed by atoms with Crippen molar-refractivity contribution >= 4 is 11.6 Å². The Bertz CT molecular complexity index is 679. The summed E-state index contributed by atoms with van der Waals surface area (Å²) < 4.78 is 0. The number of aryl methyl sites for hydroxylation is 2. The van der Waals surface area contributed by atoms with Crippen LogP contribution in [0.15, 0.2) is 48.5 Å². The van der Waals surface area contributed by atoms with Crippen LogP contribution in [0.4, 0.5) is 5.69 Å². The standard InChI is InChI=1S/C21H28N2O/c1-15(2)14-20(18-10-6-4-8-16(18)3)23-21(24)13-12-17-9-5-7-11-19(17)22/h4-11,15,20H,12-14,22H2,1-3H3,(H,23,24). The number of nitrogen functional groups attached to an aromatic ring is 1. The first-order valence-corrected chi connectivity index (χ1v) is 8.65. The van der Waals surface area contributed by atoms with Crippen molar-refractivity contribution in [3.63, 3.8) is 0 Å². The number of para-hydroxylation sites is 1. The number of carbonyl (C=O) groups is 1. The second-order valence-corrected chi connectivity index (χ2v) is 6.81. The van der Waals surface area contributed by atoms with E-state index >= 15 is 0 Å². The van der Waals surface area contributed by atoms with Gasteiger partial charge in [0, 0.05) is 12.1 Å². The van der Waals surface area contributed by atoms with E-state index in [0.29, 0.717) is 18.8 Å². The van der Waals surface area contributed by atoms with Gasteiger partial charge in [-0.1, -0.05) is 56.3 Å². The molecule has 0 saturated carbocycles. The van der Waals surface area contributed by atoms with E-state index < -0.39 is 0 Å². The van der Waals surface area contributed by atoms with Crippen molar-refractivity contribution in [2.45, 2.75) is 46.1 Å². The van der Waals surface area contributed by atoms with Gasteiger partial charge in [-0.2, -0.15) is 0 Å². The minimum Gasteiger partial charge on any atom is -0.399 e. The van der Waals surface area contributed by atoms with Gasteiger partial charge in [-0.3, -0.25) is 4.79 Å². The SMILES string of the molecule is Cc1ccccc1C(CC(C)C)NC(=O)CCc1ccccc1N. The van der Waals surface area contributed by atoms with Crippen molar-refractivity contribution in [2.24, 2.45) is 5.92 Å². The van der Waals surface area contributed by atoms with Gasteiger partial charge in [0.15, 0.2) is 0 Å². The van der Waals surface area contributed by atoms with Crippen molar-refractivity contribution < 1.29 is 4.79 Å². The fourth-order valence-corrected chi connectivity index (χ4v) is 2.99. The van der Waals surface area contributed by atoms with Crippen LogP contribution in [-0.2, 0) is 11.2 Å². The summed E-state index contributed by atoms with van der Waals surface area (Å²) in [6, 6.07) is 16.1. The molecule has 24 heavy (non-hydrogen) atoms. The molecule has 0 spiro atoms. The van der Waals surface area contributed by atoms with E-state index in [2.05, 4.69) is 38.2 Å². The summed E-state index contributed by atoms with van der Waals surface area (Å²) in [5, 5.41) is 3.22. The van der Waals surface area contributed by atoms with Crippen LogP contribution in [0.3, 0.4) is 0 Å². The van der Waals surface area contributed by atoms with Crippen molar-refractivity contribution in [3.8, 4) is 0 Å². The number of rotatable bonds is 7. The number of hydrogen-bond donors (Lipinski definition) is 2. The molecular formula is C21H28N2O. The number of nitrogens with one attached hydrogen (secondary N) is 1. The lowest BCUT2D eigenvalue weighted by Gasteiger charge is -2.23. The Kier molecular flexibility index (Phi) is 6.42. The molecule has 0 saturated heterocycles. The first kappa shape index (κ1) is 18.1. The molecule has 0 heterocycles. The molecule has 2 aromatic carbocycles. The Balaban J connectivity index is 2.02. The lowest BCUT2D eigenvalue weighted by Crippen LogP contribution is -2.30. The van der Waals surface area contributed by atoms with E-state index in [1.165, 1.54) is 11.1 Å². The molecule has 0 aliphatic carbocycles. The predicted molar refractivity (Wildman–Crippen MR) is 101 cm³/mol. The fourth-order valence-electron chi connectivity index (χ4n) is 2.99. The summed E-state index contributed by atoms with van der Waals surface area (Å²) in [5.74, 6) is 0.590. The predicted octanol–water partition coefficient (Wildman–Crippen LogP) is 4.41. The highest BCUT2D eigenvalue weighted by molar-refractivity contribution is 5.77. The quantitative estimate of drug-likeness (QED) is 0.741. The largest absolute Gasteiger partial charge is 0.399 e. The molecule has 128 valence electrons. The van der Waals surface area contributed by atoms with E-state index in [1.54, 1.807) is 0 Å². The third-order valence-corrected chi connectivity index (χ3v) is 4.28. The summed E-state index contributed by atoms with van der Waals surface area (Å²) >= 11 is 0. The third-order valence-electron chi connectivity index (χ3n) is 4.28. The number of anilines is 1. The smallest absolute Gasteiger partial charge is 0.220 e. The van der Waals surface area contributed by atoms with Gasteiger partial charge in [-0.05, 0) is 48.4 Å². The van der Waals surface area contributed by atoms with Crippen LogP contribution in [0.5, 0.6) is 0 Å². The zero-order valence-electron chi connectivity index (χ0n) is 14.9. The topological polar surface area (TPSA) is 55.1 Å². The van der Waals surface area contributed by atoms with E-state index in [0.717, 1.165) is 17.7 Å². The number of carbonyl (C=O) groups excluding carboxylic acids is 1. The number of amides is 1. The fraction of sp³-hybridized carbons (Fsp3) is 0.381. The van der Waals surface area contributed by atoms with Crippen LogP contribution in [0.2, 0.25) is 0 Å². The summed E-state index contributed by atoms with van der Waals surface area (Å²) in [5.41, 5.74) is 10.2. The van der Waals surface area contributed by atoms with Crippen LogP contribution in [-0.4, -0.2) is 5.91 Å². The van der Waals surface area contributed by atoms with Gasteiger partial charge in [-0.15, -0.1) is 0 Å². The summed E-state index contributed by atoms with van der Waals surface area (Å²) in [7, 11) is 0. The van der Waals surface area contributed by atoms with Gasteiger partial charge in [0.05, 0.1) is 6.04 Å². The lowest BCUT2D eigenvalue weighted by atomic mass is 9.93. The van der Waals surface area contributed by atoms with Crippen molar-refractivity contribution in [1.82, 2.24) is 5.32 Å². The molecule has 2 rings (SSSR count). The Morgan fingerprint density at radius 1 is 1.08 bits per heavy atom. The van der Waals surface area contributed by atoms with Crippen LogP contribution >= 0.6 is 0 Å². The monoisotopic (exact) mass is 324 g/mol. The molecule has 0 aromatic heterocycles. The highest BCUT2D eigenvalue weighted by atomic mass is 16.1. The average molecular weight is 324 g/mol. The molecule has 1 unspecified atom stereocenters. The first-order chi connectivity index (χ1) is 11.5. The second-order valence-electron chi connectivity index (χ2n) is 6.81. The Labute approximate surface area is 145 Å². The molecule has 0 aliphatic heterocycles. The molecule has 0 aliphatic rings. The Morgan fingerprint density at radius 2 is 1.75 bits per heavy atom. The van der Waals surface area contributed by atoms with Crippen LogP contribution in [0.1, 0.15) is 49.4 Å². The maximum absolute atomic E-state index is 12.5. The highest BCUT2D eigenvalue weighted by Crippen LogP contribution is 2.24. The van der Waals surface area contributed by atoms with Gasteiger partial charge in [0.25, 0.3) is 0 Å². The number of nitrogens with two attached hydrogens (primary N) is 1. The number of benzene rings is 2. The summed E-state index contributed by atoms with van der Waals surface area (Å²) in [4.78, 5) is 12.5. The third kappa shape index (κ3) is 5.12. The molecule has 2 aromatic rings. The van der Waals surface area contributed by atoms with Crippen molar-refractivity contribution in [2.75, 3.05) is 5.73 Å². The van der Waals surface area contributed by atoms with Crippen molar-refractivity contribution in [3.05, 3.63) is 65.2 Å². The van der Waals surface area contributed by atoms with E-state index in [4.69, 9.17) is 5.73 Å². The van der Waals surface area contributed by atoms with Crippen LogP contribution in [0, 0.1) is 12.8 Å². The molecule has 0 radical (unpaired) electrons. The van der Waals surface area contributed by atoms with E-state index in [1.807, 2.05) is 36.4 Å². The second kappa shape index (κ2) is 8.53. The Hall–Kier alpha value is -2.29. The molecule has 1 atom stereocenters. The van der Waals surface area contributed by atoms with Crippen molar-refractivity contribution in [1.29, 1.82) is 0 Å². The zero-order chi connectivity index (χ0) is 17.5. The molecule has 3 heteroatoms. The molecule has 1 amide bonds. The van der Waals surface area contributed by atoms with Gasteiger partial charge in [0.1, 0.15) is 0 Å². The molecular weight excluding hydrogens is 296 g/mol. The minimum absolute atomic E-state index is 0.0619. The maximum Gasteiger partial charge on any atom is 0.220 e. The first-order valence-electron chi connectivity index (χ1n) is 8.65. The highest BCUT2D eigenvalue weighted by Gasteiger charge is 2.17. The molecule has 0 fully saturated rings. The average Bonchev–Trinajstić information content (AvgIpc) is 2.53. The van der Waals surface area contributed by atoms with E-state index in [-0.39, 0.29) is 11.9 Å².